The van der Waals surface area contributed by atoms with Crippen LogP contribution in [0.4, 0.5) is 5.69 Å². The first-order chi connectivity index (χ1) is 15.8. The Bertz CT molecular complexity index is 1290. The van der Waals surface area contributed by atoms with Crippen molar-refractivity contribution in [3.8, 4) is 0 Å². The molecule has 0 fully saturated rings. The largest absolute Gasteiger partial charge is 0.452 e. The van der Waals surface area contributed by atoms with Crippen LogP contribution in [-0.2, 0) is 16.1 Å². The minimum Gasteiger partial charge on any atom is -0.452 e. The molecule has 7 nitrogen and oxygen atoms in total. The van der Waals surface area contributed by atoms with Crippen LogP contribution in [0.1, 0.15) is 42.2 Å². The summed E-state index contributed by atoms with van der Waals surface area (Å²) < 4.78 is 5.08. The van der Waals surface area contributed by atoms with Gasteiger partial charge in [0.1, 0.15) is 0 Å². The first kappa shape index (κ1) is 22.2. The van der Waals surface area contributed by atoms with Crippen molar-refractivity contribution in [1.29, 1.82) is 0 Å². The van der Waals surface area contributed by atoms with Crippen molar-refractivity contribution in [3.63, 3.8) is 0 Å². The fourth-order valence-corrected chi connectivity index (χ4v) is 3.67. The first-order valence-corrected chi connectivity index (χ1v) is 10.5. The number of anilines is 1. The van der Waals surface area contributed by atoms with Gasteiger partial charge in [-0.05, 0) is 48.4 Å². The first-order valence-electron chi connectivity index (χ1n) is 10.1. The van der Waals surface area contributed by atoms with Crippen LogP contribution < -0.4 is 5.32 Å². The molecule has 8 heteroatoms. The normalized spacial score (nSPS) is 12.5. The van der Waals surface area contributed by atoms with Crippen molar-refractivity contribution in [2.75, 3.05) is 11.9 Å². The highest BCUT2D eigenvalue weighted by atomic mass is 35.5. The molecule has 0 aliphatic carbocycles. The zero-order valence-electron chi connectivity index (χ0n) is 17.6. The van der Waals surface area contributed by atoms with Crippen molar-refractivity contribution >= 4 is 41.0 Å². The quantitative estimate of drug-likeness (QED) is 0.437. The minimum absolute atomic E-state index is 0.0187. The molecule has 0 atom stereocenters. The molecule has 0 aromatic heterocycles. The van der Waals surface area contributed by atoms with Gasteiger partial charge in [0.25, 0.3) is 17.7 Å². The van der Waals surface area contributed by atoms with Gasteiger partial charge in [0.05, 0.1) is 23.2 Å². The predicted molar refractivity (Wildman–Crippen MR) is 122 cm³/mol. The number of hydrogen-bond acceptors (Lipinski definition) is 5. The molecule has 0 bridgehead atoms. The molecule has 4 rings (SSSR count). The molecule has 1 heterocycles. The van der Waals surface area contributed by atoms with Crippen molar-refractivity contribution in [3.05, 3.63) is 99.6 Å². The van der Waals surface area contributed by atoms with Crippen molar-refractivity contribution < 1.29 is 23.9 Å². The topological polar surface area (TPSA) is 92.8 Å². The molecule has 0 unspecified atom stereocenters. The molecule has 33 heavy (non-hydrogen) atoms. The minimum atomic E-state index is -0.775. The number of carbonyl (C=O) groups is 4. The molecule has 166 valence electrons. The van der Waals surface area contributed by atoms with Crippen LogP contribution >= 0.6 is 11.6 Å². The second-order valence-corrected chi connectivity index (χ2v) is 7.89. The number of hydrogen-bond donors (Lipinski definition) is 1. The van der Waals surface area contributed by atoms with Crippen molar-refractivity contribution in [2.24, 2.45) is 0 Å². The molecule has 3 aromatic rings. The molecule has 0 saturated carbocycles. The Morgan fingerprint density at radius 3 is 2.39 bits per heavy atom. The molecule has 0 saturated heterocycles. The fourth-order valence-electron chi connectivity index (χ4n) is 3.47. The summed E-state index contributed by atoms with van der Waals surface area (Å²) >= 11 is 6.15. The number of esters is 1. The van der Waals surface area contributed by atoms with Gasteiger partial charge >= 0.3 is 5.97 Å². The number of rotatable bonds is 6. The molecular formula is C25H19ClN2O5. The van der Waals surface area contributed by atoms with Gasteiger partial charge in [-0.25, -0.2) is 4.79 Å². The number of amides is 3. The predicted octanol–water partition coefficient (Wildman–Crippen LogP) is 4.24. The van der Waals surface area contributed by atoms with Crippen LogP contribution in [0.3, 0.4) is 0 Å². The maximum atomic E-state index is 12.8. The number of nitrogens with one attached hydrogen (secondary N) is 1. The van der Waals surface area contributed by atoms with Gasteiger partial charge in [-0.15, -0.1) is 0 Å². The van der Waals surface area contributed by atoms with Crippen molar-refractivity contribution in [2.45, 2.75) is 13.5 Å². The van der Waals surface area contributed by atoms with Gasteiger partial charge in [-0.2, -0.15) is 0 Å². The van der Waals surface area contributed by atoms with Crippen LogP contribution in [0.2, 0.25) is 5.02 Å². The van der Waals surface area contributed by atoms with E-state index in [1.165, 1.54) is 18.2 Å². The van der Waals surface area contributed by atoms with Gasteiger partial charge < -0.3 is 10.1 Å². The van der Waals surface area contributed by atoms with Crippen LogP contribution in [0.5, 0.6) is 0 Å². The number of carbonyl (C=O) groups excluding carboxylic acids is 4. The summed E-state index contributed by atoms with van der Waals surface area (Å²) in [5.74, 6) is -2.26. The maximum absolute atomic E-state index is 12.8. The van der Waals surface area contributed by atoms with Crippen LogP contribution in [0.15, 0.2) is 66.7 Å². The molecule has 0 spiro atoms. The molecule has 0 radical (unpaired) electrons. The second kappa shape index (κ2) is 9.26. The van der Waals surface area contributed by atoms with Gasteiger partial charge in [-0.1, -0.05) is 48.0 Å². The number of aryl methyl sites for hydroxylation is 1. The highest BCUT2D eigenvalue weighted by Gasteiger charge is 2.36. The third-order valence-corrected chi connectivity index (χ3v) is 5.61. The molecule has 3 aromatic carbocycles. The van der Waals surface area contributed by atoms with E-state index in [0.29, 0.717) is 16.3 Å². The Labute approximate surface area is 194 Å². The van der Waals surface area contributed by atoms with Gasteiger partial charge in [0, 0.05) is 10.7 Å². The summed E-state index contributed by atoms with van der Waals surface area (Å²) in [7, 11) is 0. The van der Waals surface area contributed by atoms with E-state index in [1.54, 1.807) is 36.4 Å². The van der Waals surface area contributed by atoms with Gasteiger partial charge in [-0.3, -0.25) is 19.3 Å². The second-order valence-electron chi connectivity index (χ2n) is 7.49. The lowest BCUT2D eigenvalue weighted by atomic mass is 10.1. The van der Waals surface area contributed by atoms with E-state index < -0.39 is 30.3 Å². The highest BCUT2D eigenvalue weighted by molar-refractivity contribution is 6.31. The summed E-state index contributed by atoms with van der Waals surface area (Å²) in [6, 6.07) is 18.3. The molecule has 1 aliphatic heterocycles. The Kier molecular flexibility index (Phi) is 6.24. The zero-order chi connectivity index (χ0) is 23.5. The maximum Gasteiger partial charge on any atom is 0.338 e. The number of ether oxygens (including phenoxy) is 1. The van der Waals surface area contributed by atoms with Gasteiger partial charge in [0.2, 0.25) is 0 Å². The molecule has 1 aliphatic rings. The Balaban J connectivity index is 1.43. The fraction of sp³-hybridized carbons (Fsp3) is 0.120. The molecule has 1 N–H and O–H groups in total. The van der Waals surface area contributed by atoms with E-state index >= 15 is 0 Å². The molecular weight excluding hydrogens is 444 g/mol. The van der Waals surface area contributed by atoms with Crippen LogP contribution in [0, 0.1) is 6.92 Å². The highest BCUT2D eigenvalue weighted by Crippen LogP contribution is 2.27. The number of imide groups is 1. The number of halogens is 1. The Morgan fingerprint density at radius 2 is 1.64 bits per heavy atom. The summed E-state index contributed by atoms with van der Waals surface area (Å²) in [5.41, 5.74) is 2.50. The number of fused-ring (bicyclic) bond motifs is 1. The number of benzene rings is 3. The average molecular weight is 463 g/mol. The van der Waals surface area contributed by atoms with Crippen molar-refractivity contribution in [1.82, 2.24) is 4.90 Å². The lowest BCUT2D eigenvalue weighted by Gasteiger charge is -2.14. The van der Waals surface area contributed by atoms with E-state index in [0.717, 1.165) is 10.5 Å². The SMILES string of the molecule is Cc1ccccc1NC(=O)COC(=O)c1ccc2c(c1)C(=O)N(Cc1ccccc1Cl)C2=O. The summed E-state index contributed by atoms with van der Waals surface area (Å²) in [4.78, 5) is 51.2. The third kappa shape index (κ3) is 4.63. The smallest absolute Gasteiger partial charge is 0.338 e. The monoisotopic (exact) mass is 462 g/mol. The van der Waals surface area contributed by atoms with Gasteiger partial charge in [0.15, 0.2) is 6.61 Å². The summed E-state index contributed by atoms with van der Waals surface area (Å²) in [6.45, 7) is 1.38. The van der Waals surface area contributed by atoms with E-state index in [9.17, 15) is 19.2 Å². The number of para-hydroxylation sites is 1. The van der Waals surface area contributed by atoms with E-state index in [2.05, 4.69) is 5.32 Å². The zero-order valence-corrected chi connectivity index (χ0v) is 18.4. The standard InChI is InChI=1S/C25H19ClN2O5/c1-15-6-2-5-9-21(15)27-22(29)14-33-25(32)16-10-11-18-19(12-16)24(31)28(23(18)30)13-17-7-3-4-8-20(17)26/h2-12H,13-14H2,1H3,(H,27,29). The van der Waals surface area contributed by atoms with Crippen LogP contribution in [-0.4, -0.2) is 35.2 Å². The summed E-state index contributed by atoms with van der Waals surface area (Å²) in [6.07, 6.45) is 0. The van der Waals surface area contributed by atoms with Crippen LogP contribution in [0.25, 0.3) is 0 Å². The lowest BCUT2D eigenvalue weighted by Crippen LogP contribution is -2.29. The van der Waals surface area contributed by atoms with E-state index in [4.69, 9.17) is 16.3 Å². The average Bonchev–Trinajstić information content (AvgIpc) is 3.04. The Hall–Kier alpha value is -3.97. The number of nitrogens with zero attached hydrogens (tertiary/aromatic N) is 1. The van der Waals surface area contributed by atoms with E-state index in [1.807, 2.05) is 19.1 Å². The summed E-state index contributed by atoms with van der Waals surface area (Å²) in [5, 5.41) is 3.12. The lowest BCUT2D eigenvalue weighted by molar-refractivity contribution is -0.119. The van der Waals surface area contributed by atoms with E-state index in [-0.39, 0.29) is 23.2 Å². The Morgan fingerprint density at radius 1 is 0.939 bits per heavy atom. The third-order valence-electron chi connectivity index (χ3n) is 5.25. The molecule has 3 amide bonds.